The van der Waals surface area contributed by atoms with Crippen LogP contribution in [0, 0.1) is 13.8 Å². The third kappa shape index (κ3) is 2.69. The number of nitrogens with one attached hydrogen (secondary N) is 1. The number of aromatic nitrogens is 2. The van der Waals surface area contributed by atoms with Crippen molar-refractivity contribution in [3.8, 4) is 5.75 Å². The molecule has 0 unspecified atom stereocenters. The molecule has 1 amide bonds. The van der Waals surface area contributed by atoms with E-state index in [0.29, 0.717) is 11.5 Å². The van der Waals surface area contributed by atoms with Crippen LogP contribution in [0.25, 0.3) is 0 Å². The Morgan fingerprint density at radius 1 is 1.31 bits per heavy atom. The summed E-state index contributed by atoms with van der Waals surface area (Å²) in [6.45, 7) is 5.67. The molecule has 26 heavy (non-hydrogen) atoms. The first-order valence-corrected chi connectivity index (χ1v) is 9.79. The summed E-state index contributed by atoms with van der Waals surface area (Å²) in [5.74, 6) is 1.58. The molecule has 1 atom stereocenters. The van der Waals surface area contributed by atoms with Gasteiger partial charge >= 0.3 is 0 Å². The smallest absolute Gasteiger partial charge is 0.273 e. The number of methoxy groups -OCH3 is 1. The second-order valence-corrected chi connectivity index (χ2v) is 7.84. The minimum Gasteiger partial charge on any atom is -0.496 e. The SMILES string of the molecule is COc1ccc(C)c(Nc2nn3c(c2Br)C(=O)N2CCCC[C@H]2C3)c1C. The first-order valence-electron chi connectivity index (χ1n) is 8.99. The first kappa shape index (κ1) is 17.4. The van der Waals surface area contributed by atoms with Crippen LogP contribution >= 0.6 is 15.9 Å². The van der Waals surface area contributed by atoms with E-state index in [-0.39, 0.29) is 11.9 Å². The number of aryl methyl sites for hydroxylation is 1. The van der Waals surface area contributed by atoms with Crippen molar-refractivity contribution in [3.05, 3.63) is 33.4 Å². The van der Waals surface area contributed by atoms with E-state index in [9.17, 15) is 4.79 Å². The zero-order valence-corrected chi connectivity index (χ0v) is 16.9. The molecule has 3 heterocycles. The Labute approximate surface area is 161 Å². The van der Waals surface area contributed by atoms with Crippen molar-refractivity contribution < 1.29 is 9.53 Å². The predicted molar refractivity (Wildman–Crippen MR) is 104 cm³/mol. The molecule has 0 saturated carbocycles. The number of hydrogen-bond donors (Lipinski definition) is 1. The number of benzene rings is 1. The van der Waals surface area contributed by atoms with Gasteiger partial charge in [0.15, 0.2) is 5.82 Å². The molecular formula is C19H23BrN4O2. The second kappa shape index (κ2) is 6.61. The van der Waals surface area contributed by atoms with Crippen LogP contribution in [0.3, 0.4) is 0 Å². The topological polar surface area (TPSA) is 59.4 Å². The van der Waals surface area contributed by atoms with Gasteiger partial charge in [0.2, 0.25) is 0 Å². The Morgan fingerprint density at radius 2 is 2.12 bits per heavy atom. The number of carbonyl (C=O) groups excluding carboxylic acids is 1. The first-order chi connectivity index (χ1) is 12.5. The number of amides is 1. The number of piperidine rings is 1. The van der Waals surface area contributed by atoms with Crippen LogP contribution in [-0.2, 0) is 6.54 Å². The average molecular weight is 419 g/mol. The summed E-state index contributed by atoms with van der Waals surface area (Å²) in [6, 6.07) is 4.25. The number of halogens is 1. The van der Waals surface area contributed by atoms with Crippen LogP contribution in [0.2, 0.25) is 0 Å². The van der Waals surface area contributed by atoms with Gasteiger partial charge in [0, 0.05) is 17.8 Å². The molecular weight excluding hydrogens is 396 g/mol. The minimum atomic E-state index is 0.0764. The summed E-state index contributed by atoms with van der Waals surface area (Å²) < 4.78 is 8.02. The average Bonchev–Trinajstić information content (AvgIpc) is 2.94. The van der Waals surface area contributed by atoms with Crippen molar-refractivity contribution in [1.82, 2.24) is 14.7 Å². The molecule has 2 aromatic rings. The molecule has 1 N–H and O–H groups in total. The van der Waals surface area contributed by atoms with Gasteiger partial charge in [-0.05, 0) is 60.7 Å². The van der Waals surface area contributed by atoms with Gasteiger partial charge in [-0.2, -0.15) is 5.10 Å². The molecule has 1 saturated heterocycles. The molecule has 0 aliphatic carbocycles. The van der Waals surface area contributed by atoms with Crippen molar-refractivity contribution in [2.45, 2.75) is 45.7 Å². The van der Waals surface area contributed by atoms with Crippen LogP contribution in [0.1, 0.15) is 40.9 Å². The van der Waals surface area contributed by atoms with Crippen molar-refractivity contribution in [2.75, 3.05) is 19.0 Å². The molecule has 1 aromatic carbocycles. The summed E-state index contributed by atoms with van der Waals surface area (Å²) in [6.07, 6.45) is 3.32. The number of ether oxygens (including phenoxy) is 1. The normalized spacial score (nSPS) is 19.2. The molecule has 2 aliphatic heterocycles. The standard InChI is InChI=1S/C19H23BrN4O2/c1-11-7-8-14(26-3)12(2)16(11)21-18-15(20)17-19(25)23-9-5-4-6-13(23)10-24(17)22-18/h7-8,13H,4-6,9-10H2,1-3H3,(H,21,22)/t13-/m0/s1. The summed E-state index contributed by atoms with van der Waals surface area (Å²) in [5.41, 5.74) is 3.73. The van der Waals surface area contributed by atoms with Crippen LogP contribution in [0.5, 0.6) is 5.75 Å². The zero-order chi connectivity index (χ0) is 18.4. The van der Waals surface area contributed by atoms with Crippen molar-refractivity contribution in [3.63, 3.8) is 0 Å². The Bertz CT molecular complexity index is 877. The summed E-state index contributed by atoms with van der Waals surface area (Å²) in [5, 5.41) is 8.11. The van der Waals surface area contributed by atoms with Gasteiger partial charge in [-0.3, -0.25) is 9.48 Å². The van der Waals surface area contributed by atoms with Gasteiger partial charge in [-0.1, -0.05) is 6.07 Å². The lowest BCUT2D eigenvalue weighted by Gasteiger charge is -2.39. The number of hydrogen-bond acceptors (Lipinski definition) is 4. The lowest BCUT2D eigenvalue weighted by molar-refractivity contribution is 0.0500. The quantitative estimate of drug-likeness (QED) is 0.817. The molecule has 1 aromatic heterocycles. The number of anilines is 2. The van der Waals surface area contributed by atoms with E-state index in [1.54, 1.807) is 7.11 Å². The van der Waals surface area contributed by atoms with Gasteiger partial charge in [0.05, 0.1) is 24.2 Å². The maximum absolute atomic E-state index is 13.0. The van der Waals surface area contributed by atoms with E-state index in [1.165, 1.54) is 6.42 Å². The van der Waals surface area contributed by atoms with E-state index >= 15 is 0 Å². The maximum atomic E-state index is 13.0. The van der Waals surface area contributed by atoms with E-state index in [4.69, 9.17) is 9.84 Å². The summed E-state index contributed by atoms with van der Waals surface area (Å²) in [4.78, 5) is 15.0. The lowest BCUT2D eigenvalue weighted by Crippen LogP contribution is -2.50. The Hall–Kier alpha value is -2.02. The Balaban J connectivity index is 1.72. The van der Waals surface area contributed by atoms with Gasteiger partial charge in [-0.25, -0.2) is 0 Å². The Morgan fingerprint density at radius 3 is 2.88 bits per heavy atom. The van der Waals surface area contributed by atoms with E-state index in [1.807, 2.05) is 35.6 Å². The molecule has 1 fully saturated rings. The third-order valence-electron chi connectivity index (χ3n) is 5.46. The molecule has 2 aliphatic rings. The highest BCUT2D eigenvalue weighted by Gasteiger charge is 2.37. The van der Waals surface area contributed by atoms with E-state index in [2.05, 4.69) is 21.2 Å². The van der Waals surface area contributed by atoms with Crippen molar-refractivity contribution >= 4 is 33.3 Å². The van der Waals surface area contributed by atoms with Crippen LogP contribution < -0.4 is 10.1 Å². The van der Waals surface area contributed by atoms with Gasteiger partial charge < -0.3 is 15.0 Å². The highest BCUT2D eigenvalue weighted by atomic mass is 79.9. The monoisotopic (exact) mass is 418 g/mol. The molecule has 7 heteroatoms. The van der Waals surface area contributed by atoms with Crippen LogP contribution in [0.4, 0.5) is 11.5 Å². The molecule has 6 nitrogen and oxygen atoms in total. The molecule has 138 valence electrons. The zero-order valence-electron chi connectivity index (χ0n) is 15.3. The van der Waals surface area contributed by atoms with E-state index in [0.717, 1.165) is 53.0 Å². The van der Waals surface area contributed by atoms with Gasteiger partial charge in [-0.15, -0.1) is 0 Å². The number of fused-ring (bicyclic) bond motifs is 2. The number of carbonyl (C=O) groups is 1. The fourth-order valence-electron chi connectivity index (χ4n) is 4.01. The molecule has 0 radical (unpaired) electrons. The third-order valence-corrected chi connectivity index (χ3v) is 6.21. The summed E-state index contributed by atoms with van der Waals surface area (Å²) in [7, 11) is 1.67. The number of nitrogens with zero attached hydrogens (tertiary/aromatic N) is 3. The van der Waals surface area contributed by atoms with Gasteiger partial charge in [0.1, 0.15) is 11.4 Å². The van der Waals surface area contributed by atoms with E-state index < -0.39 is 0 Å². The molecule has 4 rings (SSSR count). The van der Waals surface area contributed by atoms with Crippen LogP contribution in [-0.4, -0.2) is 40.3 Å². The van der Waals surface area contributed by atoms with Crippen molar-refractivity contribution in [1.29, 1.82) is 0 Å². The van der Waals surface area contributed by atoms with Gasteiger partial charge in [0.25, 0.3) is 5.91 Å². The number of rotatable bonds is 3. The lowest BCUT2D eigenvalue weighted by atomic mass is 10.00. The predicted octanol–water partition coefficient (Wildman–Crippen LogP) is 4.02. The fourth-order valence-corrected chi connectivity index (χ4v) is 4.56. The van der Waals surface area contributed by atoms with Crippen LogP contribution in [0.15, 0.2) is 16.6 Å². The Kier molecular flexibility index (Phi) is 4.42. The second-order valence-electron chi connectivity index (χ2n) is 7.05. The van der Waals surface area contributed by atoms with Crippen molar-refractivity contribution in [2.24, 2.45) is 0 Å². The maximum Gasteiger partial charge on any atom is 0.273 e. The highest BCUT2D eigenvalue weighted by molar-refractivity contribution is 9.10. The summed E-state index contributed by atoms with van der Waals surface area (Å²) >= 11 is 3.61. The highest BCUT2D eigenvalue weighted by Crippen LogP contribution is 2.37. The minimum absolute atomic E-state index is 0.0764. The molecule has 0 spiro atoms. The molecule has 0 bridgehead atoms. The largest absolute Gasteiger partial charge is 0.496 e. The fraction of sp³-hybridized carbons (Fsp3) is 0.474.